The SMILES string of the molecule is CCC(C)CC(C)NC(=O)C1(C#N)CCC1. The average Bonchev–Trinajstić information content (AvgIpc) is 2.16. The number of carbonyl (C=O) groups excluding carboxylic acids is 1. The number of amides is 1. The van der Waals surface area contributed by atoms with Gasteiger partial charge in [0.05, 0.1) is 6.07 Å². The number of nitrogens with one attached hydrogen (secondary N) is 1. The maximum Gasteiger partial charge on any atom is 0.240 e. The van der Waals surface area contributed by atoms with Crippen LogP contribution in [-0.2, 0) is 4.79 Å². The van der Waals surface area contributed by atoms with E-state index >= 15 is 0 Å². The smallest absolute Gasteiger partial charge is 0.240 e. The molecule has 0 saturated heterocycles. The van der Waals surface area contributed by atoms with Crippen LogP contribution >= 0.6 is 0 Å². The quantitative estimate of drug-likeness (QED) is 0.777. The molecule has 1 fully saturated rings. The van der Waals surface area contributed by atoms with E-state index in [-0.39, 0.29) is 11.9 Å². The maximum absolute atomic E-state index is 11.9. The predicted molar refractivity (Wildman–Crippen MR) is 63.6 cm³/mol. The Labute approximate surface area is 98.2 Å². The molecule has 1 aliphatic rings. The molecule has 0 aromatic carbocycles. The molecule has 1 rings (SSSR count). The zero-order valence-electron chi connectivity index (χ0n) is 10.5. The van der Waals surface area contributed by atoms with Gasteiger partial charge in [-0.15, -0.1) is 0 Å². The number of rotatable bonds is 5. The highest BCUT2D eigenvalue weighted by Gasteiger charge is 2.44. The molecule has 3 nitrogen and oxygen atoms in total. The molecule has 0 spiro atoms. The molecule has 2 unspecified atom stereocenters. The molecule has 3 heteroatoms. The minimum atomic E-state index is -0.705. The van der Waals surface area contributed by atoms with Gasteiger partial charge in [-0.25, -0.2) is 0 Å². The third kappa shape index (κ3) is 2.75. The van der Waals surface area contributed by atoms with E-state index in [0.29, 0.717) is 5.92 Å². The second kappa shape index (κ2) is 5.34. The molecular weight excluding hydrogens is 200 g/mol. The van der Waals surface area contributed by atoms with E-state index in [4.69, 9.17) is 5.26 Å². The third-order valence-corrected chi connectivity index (χ3v) is 3.69. The van der Waals surface area contributed by atoms with Crippen LogP contribution in [0.2, 0.25) is 0 Å². The van der Waals surface area contributed by atoms with Gasteiger partial charge in [0.1, 0.15) is 5.41 Å². The monoisotopic (exact) mass is 222 g/mol. The standard InChI is InChI=1S/C13H22N2O/c1-4-10(2)8-11(3)15-12(16)13(9-14)6-5-7-13/h10-11H,4-8H2,1-3H3,(H,15,16). The molecule has 1 aliphatic carbocycles. The molecule has 1 amide bonds. The van der Waals surface area contributed by atoms with Crippen LogP contribution in [0.15, 0.2) is 0 Å². The molecule has 0 radical (unpaired) electrons. The number of hydrogen-bond donors (Lipinski definition) is 1. The van der Waals surface area contributed by atoms with Crippen molar-refractivity contribution >= 4 is 5.91 Å². The van der Waals surface area contributed by atoms with E-state index in [1.165, 1.54) is 0 Å². The molecule has 90 valence electrons. The Kier molecular flexibility index (Phi) is 4.35. The largest absolute Gasteiger partial charge is 0.352 e. The van der Waals surface area contributed by atoms with Gasteiger partial charge in [-0.3, -0.25) is 4.79 Å². The summed E-state index contributed by atoms with van der Waals surface area (Å²) in [6, 6.07) is 2.35. The summed E-state index contributed by atoms with van der Waals surface area (Å²) >= 11 is 0. The van der Waals surface area contributed by atoms with Gasteiger partial charge in [0, 0.05) is 6.04 Å². The fourth-order valence-corrected chi connectivity index (χ4v) is 2.11. The minimum absolute atomic E-state index is 0.0583. The van der Waals surface area contributed by atoms with Gasteiger partial charge in [0.25, 0.3) is 0 Å². The number of hydrogen-bond acceptors (Lipinski definition) is 2. The summed E-state index contributed by atoms with van der Waals surface area (Å²) in [7, 11) is 0. The zero-order valence-corrected chi connectivity index (χ0v) is 10.5. The van der Waals surface area contributed by atoms with Gasteiger partial charge in [-0.1, -0.05) is 20.3 Å². The minimum Gasteiger partial charge on any atom is -0.352 e. The molecule has 1 N–H and O–H groups in total. The van der Waals surface area contributed by atoms with Crippen LogP contribution in [0.1, 0.15) is 52.9 Å². The van der Waals surface area contributed by atoms with Gasteiger partial charge in [0.15, 0.2) is 0 Å². The molecule has 0 bridgehead atoms. The first kappa shape index (κ1) is 13.0. The second-order valence-electron chi connectivity index (χ2n) is 5.17. The number of nitrogens with zero attached hydrogens (tertiary/aromatic N) is 1. The van der Waals surface area contributed by atoms with Gasteiger partial charge >= 0.3 is 0 Å². The fourth-order valence-electron chi connectivity index (χ4n) is 2.11. The van der Waals surface area contributed by atoms with Gasteiger partial charge in [-0.2, -0.15) is 5.26 Å². The summed E-state index contributed by atoms with van der Waals surface area (Å²) in [5, 5.41) is 12.0. The highest BCUT2D eigenvalue weighted by molar-refractivity contribution is 5.86. The summed E-state index contributed by atoms with van der Waals surface area (Å²) in [4.78, 5) is 11.9. The van der Waals surface area contributed by atoms with E-state index in [0.717, 1.165) is 32.1 Å². The topological polar surface area (TPSA) is 52.9 Å². The lowest BCUT2D eigenvalue weighted by atomic mass is 9.69. The lowest BCUT2D eigenvalue weighted by Crippen LogP contribution is -2.47. The van der Waals surface area contributed by atoms with Crippen LogP contribution < -0.4 is 5.32 Å². The molecule has 0 aromatic rings. The van der Waals surface area contributed by atoms with E-state index in [1.54, 1.807) is 0 Å². The molecule has 1 saturated carbocycles. The van der Waals surface area contributed by atoms with Crippen molar-refractivity contribution in [2.45, 2.75) is 58.9 Å². The molecule has 2 atom stereocenters. The van der Waals surface area contributed by atoms with Crippen LogP contribution in [-0.4, -0.2) is 11.9 Å². The second-order valence-corrected chi connectivity index (χ2v) is 5.17. The van der Waals surface area contributed by atoms with E-state index in [1.807, 2.05) is 6.92 Å². The Morgan fingerprint density at radius 1 is 1.50 bits per heavy atom. The number of nitriles is 1. The maximum atomic E-state index is 11.9. The Hall–Kier alpha value is -1.04. The van der Waals surface area contributed by atoms with Crippen molar-refractivity contribution < 1.29 is 4.79 Å². The van der Waals surface area contributed by atoms with Crippen molar-refractivity contribution in [3.8, 4) is 6.07 Å². The predicted octanol–water partition coefficient (Wildman–Crippen LogP) is 2.62. The Morgan fingerprint density at radius 3 is 2.50 bits per heavy atom. The molecule has 0 heterocycles. The van der Waals surface area contributed by atoms with Crippen LogP contribution in [0.4, 0.5) is 0 Å². The summed E-state index contributed by atoms with van der Waals surface area (Å²) in [5.74, 6) is 0.562. The summed E-state index contributed by atoms with van der Waals surface area (Å²) in [5.41, 5.74) is -0.705. The zero-order chi connectivity index (χ0) is 12.2. The van der Waals surface area contributed by atoms with Gasteiger partial charge in [-0.05, 0) is 38.5 Å². The lowest BCUT2D eigenvalue weighted by Gasteiger charge is -2.34. The molecular formula is C13H22N2O. The normalized spacial score (nSPS) is 21.4. The van der Waals surface area contributed by atoms with Crippen LogP contribution in [0.3, 0.4) is 0 Å². The van der Waals surface area contributed by atoms with Gasteiger partial charge < -0.3 is 5.32 Å². The summed E-state index contributed by atoms with van der Waals surface area (Å²) < 4.78 is 0. The van der Waals surface area contributed by atoms with E-state index in [2.05, 4.69) is 25.2 Å². The Morgan fingerprint density at radius 2 is 2.12 bits per heavy atom. The summed E-state index contributed by atoms with van der Waals surface area (Å²) in [6.07, 6.45) is 4.57. The highest BCUT2D eigenvalue weighted by atomic mass is 16.2. The van der Waals surface area contributed by atoms with Crippen LogP contribution in [0, 0.1) is 22.7 Å². The van der Waals surface area contributed by atoms with Crippen molar-refractivity contribution in [3.63, 3.8) is 0 Å². The van der Waals surface area contributed by atoms with Crippen LogP contribution in [0.5, 0.6) is 0 Å². The van der Waals surface area contributed by atoms with Crippen molar-refractivity contribution in [1.29, 1.82) is 5.26 Å². The fraction of sp³-hybridized carbons (Fsp3) is 0.846. The van der Waals surface area contributed by atoms with E-state index in [9.17, 15) is 4.79 Å². The van der Waals surface area contributed by atoms with E-state index < -0.39 is 5.41 Å². The highest BCUT2D eigenvalue weighted by Crippen LogP contribution is 2.40. The van der Waals surface area contributed by atoms with Crippen molar-refractivity contribution in [1.82, 2.24) is 5.32 Å². The van der Waals surface area contributed by atoms with Crippen molar-refractivity contribution in [3.05, 3.63) is 0 Å². The third-order valence-electron chi connectivity index (χ3n) is 3.69. The first-order chi connectivity index (χ1) is 7.54. The van der Waals surface area contributed by atoms with Crippen molar-refractivity contribution in [2.24, 2.45) is 11.3 Å². The Bertz CT molecular complexity index is 289. The van der Waals surface area contributed by atoms with Crippen molar-refractivity contribution in [2.75, 3.05) is 0 Å². The number of carbonyl (C=O) groups is 1. The molecule has 16 heavy (non-hydrogen) atoms. The summed E-state index contributed by atoms with van der Waals surface area (Å²) in [6.45, 7) is 6.36. The van der Waals surface area contributed by atoms with Gasteiger partial charge in [0.2, 0.25) is 5.91 Å². The average molecular weight is 222 g/mol. The Balaban J connectivity index is 2.42. The lowest BCUT2D eigenvalue weighted by molar-refractivity contribution is -0.132. The first-order valence-electron chi connectivity index (χ1n) is 6.26. The molecule has 0 aromatic heterocycles. The molecule has 0 aliphatic heterocycles. The van der Waals surface area contributed by atoms with Crippen LogP contribution in [0.25, 0.3) is 0 Å². The first-order valence-corrected chi connectivity index (χ1v) is 6.26.